The summed E-state index contributed by atoms with van der Waals surface area (Å²) >= 11 is 0. The highest BCUT2D eigenvalue weighted by Gasteiger charge is 2.33. The van der Waals surface area contributed by atoms with Crippen molar-refractivity contribution < 1.29 is 19.4 Å². The lowest BCUT2D eigenvalue weighted by molar-refractivity contribution is -0.296. The number of ether oxygens (including phenoxy) is 2. The summed E-state index contributed by atoms with van der Waals surface area (Å²) in [5.41, 5.74) is 0. The zero-order chi connectivity index (χ0) is 10.8. The molecule has 1 N–H and O–H groups in total. The monoisotopic (exact) mass is 202 g/mol. The Bertz CT molecular complexity index is 212. The molecule has 0 bridgehead atoms. The smallest absolute Gasteiger partial charge is 0.303 e. The van der Waals surface area contributed by atoms with Crippen molar-refractivity contribution in [1.82, 2.24) is 0 Å². The highest BCUT2D eigenvalue weighted by atomic mass is 16.7. The lowest BCUT2D eigenvalue weighted by Gasteiger charge is -2.39. The van der Waals surface area contributed by atoms with Crippen molar-refractivity contribution >= 4 is 5.97 Å². The third-order valence-electron chi connectivity index (χ3n) is 2.21. The van der Waals surface area contributed by atoms with Crippen LogP contribution in [0.4, 0.5) is 0 Å². The molecule has 1 aliphatic rings. The fraction of sp³-hybridized carbons (Fsp3) is 0.900. The largest absolute Gasteiger partial charge is 0.481 e. The summed E-state index contributed by atoms with van der Waals surface area (Å²) in [5, 5.41) is 8.55. The van der Waals surface area contributed by atoms with Crippen molar-refractivity contribution in [3.63, 3.8) is 0 Å². The summed E-state index contributed by atoms with van der Waals surface area (Å²) in [5.74, 6) is -1.36. The standard InChI is InChI=1S/C10H18O4/c1-7-6-8(4-5-9(11)12)14-10(2,3)13-7/h7-8H,4-6H2,1-3H3,(H,11,12)/t7-,8+/m1/s1. The molecule has 82 valence electrons. The molecule has 1 saturated heterocycles. The van der Waals surface area contributed by atoms with E-state index in [4.69, 9.17) is 14.6 Å². The Morgan fingerprint density at radius 3 is 2.64 bits per heavy atom. The molecular formula is C10H18O4. The molecule has 0 aromatic rings. The topological polar surface area (TPSA) is 55.8 Å². The number of hydrogen-bond donors (Lipinski definition) is 1. The summed E-state index contributed by atoms with van der Waals surface area (Å²) in [4.78, 5) is 10.4. The summed E-state index contributed by atoms with van der Waals surface area (Å²) < 4.78 is 11.2. The van der Waals surface area contributed by atoms with Crippen LogP contribution in [0.15, 0.2) is 0 Å². The summed E-state index contributed by atoms with van der Waals surface area (Å²) in [6.07, 6.45) is 1.64. The number of carbonyl (C=O) groups is 1. The molecule has 0 aromatic heterocycles. The van der Waals surface area contributed by atoms with Gasteiger partial charge < -0.3 is 14.6 Å². The molecule has 1 aliphatic heterocycles. The predicted octanol–water partition coefficient (Wildman–Crippen LogP) is 1.78. The number of rotatable bonds is 3. The maximum absolute atomic E-state index is 10.4. The first-order chi connectivity index (χ1) is 6.39. The van der Waals surface area contributed by atoms with Gasteiger partial charge in [0, 0.05) is 6.42 Å². The summed E-state index contributed by atoms with van der Waals surface area (Å²) in [7, 11) is 0. The van der Waals surface area contributed by atoms with Gasteiger partial charge in [0.2, 0.25) is 0 Å². The van der Waals surface area contributed by atoms with Crippen LogP contribution in [0.5, 0.6) is 0 Å². The lowest BCUT2D eigenvalue weighted by atomic mass is 10.1. The molecule has 14 heavy (non-hydrogen) atoms. The van der Waals surface area contributed by atoms with Crippen molar-refractivity contribution in [1.29, 1.82) is 0 Å². The van der Waals surface area contributed by atoms with Gasteiger partial charge in [0.25, 0.3) is 0 Å². The summed E-state index contributed by atoms with van der Waals surface area (Å²) in [6, 6.07) is 0. The van der Waals surface area contributed by atoms with Crippen molar-refractivity contribution in [3.8, 4) is 0 Å². The molecule has 1 heterocycles. The van der Waals surface area contributed by atoms with Crippen LogP contribution in [0.1, 0.15) is 40.0 Å². The van der Waals surface area contributed by atoms with E-state index in [0.29, 0.717) is 6.42 Å². The molecule has 0 amide bonds. The second kappa shape index (κ2) is 4.28. The minimum absolute atomic E-state index is 0.00449. The highest BCUT2D eigenvalue weighted by molar-refractivity contribution is 5.66. The Kier molecular flexibility index (Phi) is 3.50. The third kappa shape index (κ3) is 3.64. The zero-order valence-corrected chi connectivity index (χ0v) is 8.95. The van der Waals surface area contributed by atoms with Crippen molar-refractivity contribution in [2.75, 3.05) is 0 Å². The lowest BCUT2D eigenvalue weighted by Crippen LogP contribution is -2.43. The van der Waals surface area contributed by atoms with Crippen LogP contribution in [0.2, 0.25) is 0 Å². The predicted molar refractivity (Wildman–Crippen MR) is 51.0 cm³/mol. The van der Waals surface area contributed by atoms with Crippen LogP contribution < -0.4 is 0 Å². The van der Waals surface area contributed by atoms with Gasteiger partial charge in [-0.3, -0.25) is 4.79 Å². The maximum Gasteiger partial charge on any atom is 0.303 e. The Morgan fingerprint density at radius 2 is 2.14 bits per heavy atom. The van der Waals surface area contributed by atoms with E-state index >= 15 is 0 Å². The maximum atomic E-state index is 10.4. The van der Waals surface area contributed by atoms with Gasteiger partial charge in [0.05, 0.1) is 12.2 Å². The van der Waals surface area contributed by atoms with Gasteiger partial charge in [-0.2, -0.15) is 0 Å². The molecule has 0 radical (unpaired) electrons. The van der Waals surface area contributed by atoms with Crippen molar-refractivity contribution in [2.24, 2.45) is 0 Å². The first kappa shape index (κ1) is 11.5. The van der Waals surface area contributed by atoms with Gasteiger partial charge in [-0.1, -0.05) is 0 Å². The fourth-order valence-corrected chi connectivity index (χ4v) is 1.84. The molecule has 0 unspecified atom stereocenters. The number of aliphatic carboxylic acids is 1. The van der Waals surface area contributed by atoms with Crippen LogP contribution in [-0.2, 0) is 14.3 Å². The van der Waals surface area contributed by atoms with Crippen LogP contribution in [-0.4, -0.2) is 29.1 Å². The normalized spacial score (nSPS) is 31.4. The van der Waals surface area contributed by atoms with E-state index in [2.05, 4.69) is 0 Å². The average molecular weight is 202 g/mol. The van der Waals surface area contributed by atoms with E-state index in [1.807, 2.05) is 20.8 Å². The number of carboxylic acids is 1. The highest BCUT2D eigenvalue weighted by Crippen LogP contribution is 2.28. The van der Waals surface area contributed by atoms with Gasteiger partial charge in [0.15, 0.2) is 5.79 Å². The van der Waals surface area contributed by atoms with Gasteiger partial charge in [-0.25, -0.2) is 0 Å². The molecule has 4 heteroatoms. The van der Waals surface area contributed by atoms with Crippen molar-refractivity contribution in [2.45, 2.75) is 58.0 Å². The first-order valence-corrected chi connectivity index (χ1v) is 4.96. The van der Waals surface area contributed by atoms with E-state index in [9.17, 15) is 4.79 Å². The Morgan fingerprint density at radius 1 is 1.50 bits per heavy atom. The molecule has 0 aromatic carbocycles. The molecule has 4 nitrogen and oxygen atoms in total. The summed E-state index contributed by atoms with van der Waals surface area (Å²) in [6.45, 7) is 5.70. The third-order valence-corrected chi connectivity index (χ3v) is 2.21. The Hall–Kier alpha value is -0.610. The average Bonchev–Trinajstić information content (AvgIpc) is 1.96. The van der Waals surface area contributed by atoms with Gasteiger partial charge in [-0.15, -0.1) is 0 Å². The molecule has 0 spiro atoms. The van der Waals surface area contributed by atoms with E-state index in [1.54, 1.807) is 0 Å². The SMILES string of the molecule is C[C@@H]1C[C@H](CCC(=O)O)OC(C)(C)O1. The van der Waals surface area contributed by atoms with Crippen LogP contribution in [0.25, 0.3) is 0 Å². The fourth-order valence-electron chi connectivity index (χ4n) is 1.84. The zero-order valence-electron chi connectivity index (χ0n) is 8.95. The quantitative estimate of drug-likeness (QED) is 0.758. The van der Waals surface area contributed by atoms with E-state index in [0.717, 1.165) is 6.42 Å². The molecule has 1 fully saturated rings. The second-order valence-corrected chi connectivity index (χ2v) is 4.24. The minimum Gasteiger partial charge on any atom is -0.481 e. The van der Waals surface area contributed by atoms with E-state index < -0.39 is 11.8 Å². The number of hydrogen-bond acceptors (Lipinski definition) is 3. The van der Waals surface area contributed by atoms with Crippen LogP contribution in [0, 0.1) is 0 Å². The molecule has 0 aliphatic carbocycles. The first-order valence-electron chi connectivity index (χ1n) is 4.96. The molecule has 1 rings (SSSR count). The van der Waals surface area contributed by atoms with E-state index in [-0.39, 0.29) is 18.6 Å². The van der Waals surface area contributed by atoms with Gasteiger partial charge >= 0.3 is 5.97 Å². The number of carboxylic acid groups (broad SMARTS) is 1. The van der Waals surface area contributed by atoms with Crippen LogP contribution in [0.3, 0.4) is 0 Å². The Balaban J connectivity index is 2.42. The second-order valence-electron chi connectivity index (χ2n) is 4.24. The molecular weight excluding hydrogens is 184 g/mol. The van der Waals surface area contributed by atoms with Crippen molar-refractivity contribution in [3.05, 3.63) is 0 Å². The van der Waals surface area contributed by atoms with E-state index in [1.165, 1.54) is 0 Å². The Labute approximate surface area is 84.2 Å². The van der Waals surface area contributed by atoms with Gasteiger partial charge in [-0.05, 0) is 33.6 Å². The van der Waals surface area contributed by atoms with Gasteiger partial charge in [0.1, 0.15) is 0 Å². The molecule has 0 saturated carbocycles. The molecule has 2 atom stereocenters. The van der Waals surface area contributed by atoms with Crippen LogP contribution >= 0.6 is 0 Å². The minimum atomic E-state index is -0.773.